The largest absolute Gasteiger partial charge is 0.390 e. The Bertz CT molecular complexity index is 832. The van der Waals surface area contributed by atoms with Crippen LogP contribution in [-0.4, -0.2) is 31.4 Å². The number of rotatable bonds is 4. The third kappa shape index (κ3) is 2.87. The van der Waals surface area contributed by atoms with Crippen LogP contribution in [0, 0.1) is 17.3 Å². The fourth-order valence-corrected chi connectivity index (χ4v) is 6.17. The van der Waals surface area contributed by atoms with Gasteiger partial charge in [-0.15, -0.1) is 0 Å². The van der Waals surface area contributed by atoms with Gasteiger partial charge in [0.1, 0.15) is 12.7 Å². The minimum absolute atomic E-state index is 0.0649. The van der Waals surface area contributed by atoms with Gasteiger partial charge in [-0.05, 0) is 75.0 Å². The summed E-state index contributed by atoms with van der Waals surface area (Å²) in [6.45, 7) is 2.03. The van der Waals surface area contributed by atoms with E-state index in [2.05, 4.69) is 15.4 Å². The van der Waals surface area contributed by atoms with Gasteiger partial charge in [-0.3, -0.25) is 4.79 Å². The predicted octanol–water partition coefficient (Wildman–Crippen LogP) is 2.78. The summed E-state index contributed by atoms with van der Waals surface area (Å²) in [5, 5.41) is 18.3. The number of nitrogens with zero attached hydrogens (tertiary/aromatic N) is 3. The number of hydrogen-bond donors (Lipinski definition) is 2. The third-order valence-electron chi connectivity index (χ3n) is 6.94. The van der Waals surface area contributed by atoms with Crippen LogP contribution in [0.15, 0.2) is 36.9 Å². The first-order valence-corrected chi connectivity index (χ1v) is 9.93. The van der Waals surface area contributed by atoms with E-state index in [9.17, 15) is 9.90 Å². The maximum absolute atomic E-state index is 13.2. The number of nitrogens with one attached hydrogen (secondary N) is 1. The Hall–Kier alpha value is -2.21. The molecule has 4 aliphatic rings. The van der Waals surface area contributed by atoms with Gasteiger partial charge in [-0.25, -0.2) is 9.67 Å². The molecule has 3 atom stereocenters. The molecule has 0 radical (unpaired) electrons. The highest BCUT2D eigenvalue weighted by Gasteiger charge is 2.60. The summed E-state index contributed by atoms with van der Waals surface area (Å²) in [6.07, 6.45) is 8.66. The van der Waals surface area contributed by atoms with E-state index in [4.69, 9.17) is 0 Å². The molecule has 1 aromatic heterocycles. The van der Waals surface area contributed by atoms with Crippen LogP contribution in [0.5, 0.6) is 0 Å². The maximum Gasteiger partial charge on any atom is 0.226 e. The van der Waals surface area contributed by atoms with Crippen LogP contribution in [0.2, 0.25) is 0 Å². The number of aromatic nitrogens is 3. The summed E-state index contributed by atoms with van der Waals surface area (Å²) in [6, 6.07) is 7.95. The Balaban J connectivity index is 1.31. The van der Waals surface area contributed by atoms with Crippen molar-refractivity contribution in [1.82, 2.24) is 20.1 Å². The van der Waals surface area contributed by atoms with Gasteiger partial charge in [0.05, 0.1) is 22.7 Å². The number of benzene rings is 1. The molecule has 142 valence electrons. The van der Waals surface area contributed by atoms with Crippen LogP contribution in [0.25, 0.3) is 5.69 Å². The monoisotopic (exact) mass is 366 g/mol. The van der Waals surface area contributed by atoms with E-state index < -0.39 is 5.60 Å². The van der Waals surface area contributed by atoms with Crippen LogP contribution in [0.4, 0.5) is 0 Å². The normalized spacial score (nSPS) is 35.2. The SMILES string of the molecule is C[C@H](NC(=O)C12C[C@H]3C[C@@H](CC(O)(C3)C1)C2)c1ccc(-n2cncn2)cc1. The van der Waals surface area contributed by atoms with Crippen LogP contribution < -0.4 is 5.32 Å². The fourth-order valence-electron chi connectivity index (χ4n) is 6.17. The van der Waals surface area contributed by atoms with Crippen molar-refractivity contribution in [1.29, 1.82) is 0 Å². The summed E-state index contributed by atoms with van der Waals surface area (Å²) >= 11 is 0. The van der Waals surface area contributed by atoms with Crippen molar-refractivity contribution in [2.75, 3.05) is 0 Å². The zero-order chi connectivity index (χ0) is 18.6. The predicted molar refractivity (Wildman–Crippen MR) is 100.0 cm³/mol. The Morgan fingerprint density at radius 1 is 1.22 bits per heavy atom. The van der Waals surface area contributed by atoms with Crippen molar-refractivity contribution in [3.63, 3.8) is 0 Å². The second-order valence-corrected chi connectivity index (χ2v) is 9.09. The lowest BCUT2D eigenvalue weighted by Gasteiger charge is -2.59. The van der Waals surface area contributed by atoms with Gasteiger partial charge in [0.2, 0.25) is 5.91 Å². The van der Waals surface area contributed by atoms with Gasteiger partial charge in [-0.2, -0.15) is 5.10 Å². The minimum atomic E-state index is -0.607. The summed E-state index contributed by atoms with van der Waals surface area (Å²) < 4.78 is 1.71. The molecule has 1 amide bonds. The number of amides is 1. The summed E-state index contributed by atoms with van der Waals surface area (Å²) in [5.74, 6) is 1.15. The van der Waals surface area contributed by atoms with Crippen LogP contribution in [-0.2, 0) is 4.79 Å². The molecule has 27 heavy (non-hydrogen) atoms. The molecule has 0 saturated heterocycles. The molecule has 1 heterocycles. The molecule has 0 aliphatic heterocycles. The highest BCUT2D eigenvalue weighted by molar-refractivity contribution is 5.83. The lowest BCUT2D eigenvalue weighted by Crippen LogP contribution is -2.60. The molecule has 4 bridgehead atoms. The molecule has 6 rings (SSSR count). The Kier molecular flexibility index (Phi) is 3.69. The Labute approximate surface area is 159 Å². The zero-order valence-corrected chi connectivity index (χ0v) is 15.6. The molecule has 4 aliphatic carbocycles. The lowest BCUT2D eigenvalue weighted by atomic mass is 9.47. The zero-order valence-electron chi connectivity index (χ0n) is 15.6. The van der Waals surface area contributed by atoms with Gasteiger partial charge in [0.15, 0.2) is 0 Å². The standard InChI is InChI=1S/C21H26N4O2/c1-14(17-2-4-18(5-3-17)25-13-22-12-23-25)24-19(26)20-7-15-6-16(8-20)10-21(27,9-15)11-20/h2-5,12-16,27H,6-11H2,1H3,(H,24,26)/t14-,15+,16+,20?,21?/m0/s1. The average Bonchev–Trinajstić information content (AvgIpc) is 3.14. The summed E-state index contributed by atoms with van der Waals surface area (Å²) in [4.78, 5) is 17.2. The first-order chi connectivity index (χ1) is 12.9. The van der Waals surface area contributed by atoms with Crippen LogP contribution >= 0.6 is 0 Å². The van der Waals surface area contributed by atoms with E-state index in [1.165, 1.54) is 12.7 Å². The van der Waals surface area contributed by atoms with Crippen molar-refractivity contribution in [3.8, 4) is 5.69 Å². The van der Waals surface area contributed by atoms with Gasteiger partial charge in [-0.1, -0.05) is 12.1 Å². The van der Waals surface area contributed by atoms with E-state index in [-0.39, 0.29) is 17.4 Å². The van der Waals surface area contributed by atoms with E-state index in [0.717, 1.165) is 36.9 Å². The quantitative estimate of drug-likeness (QED) is 0.872. The number of aliphatic hydroxyl groups is 1. The van der Waals surface area contributed by atoms with Crippen molar-refractivity contribution in [2.45, 2.75) is 57.1 Å². The van der Waals surface area contributed by atoms with Gasteiger partial charge in [0.25, 0.3) is 0 Å². The number of carbonyl (C=O) groups excluding carboxylic acids is 1. The topological polar surface area (TPSA) is 80.0 Å². The third-order valence-corrected chi connectivity index (χ3v) is 6.94. The molecule has 0 spiro atoms. The van der Waals surface area contributed by atoms with Crippen molar-refractivity contribution < 1.29 is 9.90 Å². The van der Waals surface area contributed by atoms with Crippen molar-refractivity contribution >= 4 is 5.91 Å². The molecule has 6 heteroatoms. The van der Waals surface area contributed by atoms with E-state index in [1.807, 2.05) is 31.2 Å². The number of carbonyl (C=O) groups is 1. The Morgan fingerprint density at radius 3 is 2.52 bits per heavy atom. The number of hydrogen-bond acceptors (Lipinski definition) is 4. The first kappa shape index (κ1) is 16.9. The lowest BCUT2D eigenvalue weighted by molar-refractivity contribution is -0.178. The molecular weight excluding hydrogens is 340 g/mol. The Morgan fingerprint density at radius 2 is 1.93 bits per heavy atom. The fraction of sp³-hybridized carbons (Fsp3) is 0.571. The highest BCUT2D eigenvalue weighted by Crippen LogP contribution is 2.61. The first-order valence-electron chi connectivity index (χ1n) is 9.93. The van der Waals surface area contributed by atoms with Crippen molar-refractivity contribution in [2.24, 2.45) is 17.3 Å². The van der Waals surface area contributed by atoms with Gasteiger partial charge in [0, 0.05) is 0 Å². The average molecular weight is 366 g/mol. The molecule has 4 fully saturated rings. The molecule has 2 aromatic rings. The molecule has 1 aromatic carbocycles. The summed E-state index contributed by atoms with van der Waals surface area (Å²) in [7, 11) is 0. The van der Waals surface area contributed by atoms with Gasteiger partial charge < -0.3 is 10.4 Å². The smallest absolute Gasteiger partial charge is 0.226 e. The van der Waals surface area contributed by atoms with Crippen LogP contribution in [0.3, 0.4) is 0 Å². The molecule has 4 saturated carbocycles. The molecule has 6 nitrogen and oxygen atoms in total. The van der Waals surface area contributed by atoms with Crippen molar-refractivity contribution in [3.05, 3.63) is 42.5 Å². The van der Waals surface area contributed by atoms with Crippen LogP contribution in [0.1, 0.15) is 57.1 Å². The van der Waals surface area contributed by atoms with E-state index in [1.54, 1.807) is 11.0 Å². The summed E-state index contributed by atoms with van der Waals surface area (Å²) in [5.41, 5.74) is 1.03. The second-order valence-electron chi connectivity index (χ2n) is 9.09. The van der Waals surface area contributed by atoms with Gasteiger partial charge >= 0.3 is 0 Å². The van der Waals surface area contributed by atoms with E-state index in [0.29, 0.717) is 18.3 Å². The molecular formula is C21H26N4O2. The minimum Gasteiger partial charge on any atom is -0.390 e. The highest BCUT2D eigenvalue weighted by atomic mass is 16.3. The second kappa shape index (κ2) is 5.89. The maximum atomic E-state index is 13.2. The molecule has 0 unspecified atom stereocenters. The molecule has 2 N–H and O–H groups in total. The van der Waals surface area contributed by atoms with E-state index >= 15 is 0 Å².